The molecule has 23 heavy (non-hydrogen) atoms. The molecule has 0 spiro atoms. The van der Waals surface area contributed by atoms with Crippen molar-refractivity contribution in [1.29, 1.82) is 0 Å². The highest BCUT2D eigenvalue weighted by Crippen LogP contribution is 2.37. The number of nitrogens with zero attached hydrogens (tertiary/aromatic N) is 1. The summed E-state index contributed by atoms with van der Waals surface area (Å²) in [7, 11) is 0. The van der Waals surface area contributed by atoms with Crippen molar-refractivity contribution in [2.75, 3.05) is 6.54 Å². The van der Waals surface area contributed by atoms with Gasteiger partial charge in [0.05, 0.1) is 6.04 Å². The highest BCUT2D eigenvalue weighted by molar-refractivity contribution is 5.83. The Bertz CT molecular complexity index is 544. The van der Waals surface area contributed by atoms with E-state index in [0.29, 0.717) is 23.9 Å². The zero-order valence-electron chi connectivity index (χ0n) is 14.1. The van der Waals surface area contributed by atoms with Crippen LogP contribution in [0.25, 0.3) is 0 Å². The van der Waals surface area contributed by atoms with Crippen molar-refractivity contribution in [2.45, 2.75) is 69.5 Å². The minimum absolute atomic E-state index is 0.0695. The van der Waals surface area contributed by atoms with E-state index in [1.54, 1.807) is 0 Å². The average molecular weight is 312 g/mol. The maximum Gasteiger partial charge on any atom is 0.239 e. The molecular formula is C20H28N2O. The molecule has 1 aliphatic carbocycles. The summed E-state index contributed by atoms with van der Waals surface area (Å²) in [6.07, 6.45) is 7.39. The summed E-state index contributed by atoms with van der Waals surface area (Å²) in [5, 5.41) is 3.65. The Labute approximate surface area is 139 Å². The first-order valence-corrected chi connectivity index (χ1v) is 9.35. The van der Waals surface area contributed by atoms with Gasteiger partial charge in [0.1, 0.15) is 0 Å². The van der Waals surface area contributed by atoms with Crippen molar-refractivity contribution in [3.63, 3.8) is 0 Å². The van der Waals surface area contributed by atoms with Crippen LogP contribution in [0, 0.1) is 5.92 Å². The van der Waals surface area contributed by atoms with Gasteiger partial charge in [0, 0.05) is 24.5 Å². The van der Waals surface area contributed by atoms with Gasteiger partial charge in [-0.1, -0.05) is 43.2 Å². The molecule has 4 rings (SSSR count). The van der Waals surface area contributed by atoms with Crippen LogP contribution in [0.4, 0.5) is 0 Å². The van der Waals surface area contributed by atoms with Crippen LogP contribution in [0.15, 0.2) is 30.3 Å². The zero-order valence-corrected chi connectivity index (χ0v) is 14.1. The molecule has 2 heterocycles. The van der Waals surface area contributed by atoms with E-state index < -0.39 is 0 Å². The fourth-order valence-corrected chi connectivity index (χ4v) is 5.11. The number of fused-ring (bicyclic) bond motifs is 1. The maximum atomic E-state index is 13.0. The highest BCUT2D eigenvalue weighted by Gasteiger charge is 2.43. The molecule has 3 nitrogen and oxygen atoms in total. The third-order valence-electron chi connectivity index (χ3n) is 6.43. The van der Waals surface area contributed by atoms with Crippen molar-refractivity contribution in [3.05, 3.63) is 35.9 Å². The van der Waals surface area contributed by atoms with E-state index in [9.17, 15) is 4.79 Å². The van der Waals surface area contributed by atoms with Gasteiger partial charge in [0.2, 0.25) is 5.91 Å². The number of hydrogen-bond donors (Lipinski definition) is 1. The molecule has 1 amide bonds. The predicted molar refractivity (Wildman–Crippen MR) is 92.3 cm³/mol. The van der Waals surface area contributed by atoms with Gasteiger partial charge in [0.15, 0.2) is 0 Å². The summed E-state index contributed by atoms with van der Waals surface area (Å²) in [4.78, 5) is 15.2. The number of nitrogens with one attached hydrogen (secondary N) is 1. The molecule has 1 aromatic carbocycles. The molecule has 2 aliphatic heterocycles. The number of carbonyl (C=O) groups excluding carboxylic acids is 1. The van der Waals surface area contributed by atoms with Gasteiger partial charge in [-0.25, -0.2) is 0 Å². The Morgan fingerprint density at radius 2 is 1.91 bits per heavy atom. The second-order valence-electron chi connectivity index (χ2n) is 7.68. The van der Waals surface area contributed by atoms with Crippen molar-refractivity contribution in [2.24, 2.45) is 5.92 Å². The van der Waals surface area contributed by atoms with E-state index in [4.69, 9.17) is 0 Å². The van der Waals surface area contributed by atoms with Gasteiger partial charge in [-0.05, 0) is 44.1 Å². The number of benzene rings is 1. The van der Waals surface area contributed by atoms with Gasteiger partial charge in [-0.2, -0.15) is 0 Å². The zero-order chi connectivity index (χ0) is 15.8. The Hall–Kier alpha value is -1.35. The summed E-state index contributed by atoms with van der Waals surface area (Å²) in [6, 6.07) is 11.7. The van der Waals surface area contributed by atoms with Crippen LogP contribution in [-0.2, 0) is 4.79 Å². The third kappa shape index (κ3) is 2.80. The molecular weight excluding hydrogens is 284 g/mol. The van der Waals surface area contributed by atoms with Crippen LogP contribution in [-0.4, -0.2) is 35.5 Å². The number of carbonyl (C=O) groups is 1. The van der Waals surface area contributed by atoms with Crippen molar-refractivity contribution >= 4 is 5.91 Å². The number of amides is 1. The van der Waals surface area contributed by atoms with Crippen molar-refractivity contribution in [3.8, 4) is 0 Å². The molecule has 124 valence electrons. The summed E-state index contributed by atoms with van der Waals surface area (Å²) in [5.74, 6) is 1.58. The SMILES string of the molecule is CC1C(c2ccccc2)CCN1C(=O)C1CC2CCCCC2N1. The lowest BCUT2D eigenvalue weighted by atomic mass is 9.85. The van der Waals surface area contributed by atoms with Gasteiger partial charge in [-0.3, -0.25) is 4.79 Å². The first kappa shape index (κ1) is 15.2. The van der Waals surface area contributed by atoms with E-state index in [0.717, 1.165) is 25.3 Å². The molecule has 0 radical (unpaired) electrons. The van der Waals surface area contributed by atoms with E-state index in [1.807, 2.05) is 0 Å². The smallest absolute Gasteiger partial charge is 0.239 e. The molecule has 5 unspecified atom stereocenters. The van der Waals surface area contributed by atoms with E-state index in [2.05, 4.69) is 47.5 Å². The van der Waals surface area contributed by atoms with Gasteiger partial charge in [0.25, 0.3) is 0 Å². The third-order valence-corrected chi connectivity index (χ3v) is 6.43. The first-order valence-electron chi connectivity index (χ1n) is 9.35. The van der Waals surface area contributed by atoms with Crippen LogP contribution in [0.1, 0.15) is 56.9 Å². The van der Waals surface area contributed by atoms with Crippen LogP contribution < -0.4 is 5.32 Å². The van der Waals surface area contributed by atoms with E-state index in [1.165, 1.54) is 31.2 Å². The molecule has 5 atom stereocenters. The minimum Gasteiger partial charge on any atom is -0.338 e. The lowest BCUT2D eigenvalue weighted by Crippen LogP contribution is -2.47. The molecule has 0 aromatic heterocycles. The van der Waals surface area contributed by atoms with Crippen molar-refractivity contribution < 1.29 is 4.79 Å². The second kappa shape index (κ2) is 6.27. The van der Waals surface area contributed by atoms with Crippen LogP contribution in [0.2, 0.25) is 0 Å². The predicted octanol–water partition coefficient (Wildman–Crippen LogP) is 3.31. The molecule has 3 heteroatoms. The quantitative estimate of drug-likeness (QED) is 0.908. The fraction of sp³-hybridized carbons (Fsp3) is 0.650. The standard InChI is InChI=1S/C20H28N2O/c1-14-17(15-7-3-2-4-8-15)11-12-22(14)20(23)19-13-16-9-5-6-10-18(16)21-19/h2-4,7-8,14,16-19,21H,5-6,9-13H2,1H3. The summed E-state index contributed by atoms with van der Waals surface area (Å²) in [6.45, 7) is 3.14. The molecule has 2 saturated heterocycles. The molecule has 3 fully saturated rings. The van der Waals surface area contributed by atoms with Crippen molar-refractivity contribution in [1.82, 2.24) is 10.2 Å². The maximum absolute atomic E-state index is 13.0. The minimum atomic E-state index is 0.0695. The summed E-state index contributed by atoms with van der Waals surface area (Å²) >= 11 is 0. The Kier molecular flexibility index (Phi) is 4.14. The average Bonchev–Trinajstić information content (AvgIpc) is 3.18. The molecule has 1 aromatic rings. The van der Waals surface area contributed by atoms with Gasteiger partial charge >= 0.3 is 0 Å². The van der Waals surface area contributed by atoms with Gasteiger partial charge < -0.3 is 10.2 Å². The topological polar surface area (TPSA) is 32.3 Å². The van der Waals surface area contributed by atoms with E-state index in [-0.39, 0.29) is 6.04 Å². The Balaban J connectivity index is 1.43. The highest BCUT2D eigenvalue weighted by atomic mass is 16.2. The molecule has 3 aliphatic rings. The Morgan fingerprint density at radius 1 is 1.13 bits per heavy atom. The largest absolute Gasteiger partial charge is 0.338 e. The number of likely N-dealkylation sites (tertiary alicyclic amines) is 1. The molecule has 1 saturated carbocycles. The number of hydrogen-bond acceptors (Lipinski definition) is 2. The van der Waals surface area contributed by atoms with Crippen LogP contribution in [0.3, 0.4) is 0 Å². The normalized spacial score (nSPS) is 36.9. The first-order chi connectivity index (χ1) is 11.2. The van der Waals surface area contributed by atoms with E-state index >= 15 is 0 Å². The lowest BCUT2D eigenvalue weighted by Gasteiger charge is -2.28. The monoisotopic (exact) mass is 312 g/mol. The molecule has 1 N–H and O–H groups in total. The van der Waals surface area contributed by atoms with Gasteiger partial charge in [-0.15, -0.1) is 0 Å². The summed E-state index contributed by atoms with van der Waals surface area (Å²) < 4.78 is 0. The lowest BCUT2D eigenvalue weighted by molar-refractivity contribution is -0.133. The second-order valence-corrected chi connectivity index (χ2v) is 7.68. The van der Waals surface area contributed by atoms with Crippen LogP contribution >= 0.6 is 0 Å². The summed E-state index contributed by atoms with van der Waals surface area (Å²) in [5.41, 5.74) is 1.38. The van der Waals surface area contributed by atoms with Crippen LogP contribution in [0.5, 0.6) is 0 Å². The number of rotatable bonds is 2. The Morgan fingerprint density at radius 3 is 2.70 bits per heavy atom. The molecule has 0 bridgehead atoms. The fourth-order valence-electron chi connectivity index (χ4n) is 5.11.